The van der Waals surface area contributed by atoms with Crippen LogP contribution >= 0.6 is 0 Å². The second kappa shape index (κ2) is 15.8. The lowest BCUT2D eigenvalue weighted by molar-refractivity contribution is -0.125. The van der Waals surface area contributed by atoms with Crippen LogP contribution < -0.4 is 0 Å². The van der Waals surface area contributed by atoms with Crippen molar-refractivity contribution in [1.29, 1.82) is 0 Å². The Bertz CT molecular complexity index is 1950. The molecule has 0 radical (unpaired) electrons. The van der Waals surface area contributed by atoms with Crippen LogP contribution in [0, 0.1) is 6.92 Å². The molecule has 0 saturated carbocycles. The number of amides is 1. The van der Waals surface area contributed by atoms with Gasteiger partial charge in [-0.05, 0) is 54.3 Å². The summed E-state index contributed by atoms with van der Waals surface area (Å²) in [6.07, 6.45) is 4.50. The van der Waals surface area contributed by atoms with Crippen molar-refractivity contribution in [3.63, 3.8) is 0 Å². The molecular formula is C40H46N2O4SSi. The van der Waals surface area contributed by atoms with Gasteiger partial charge < -0.3 is 9.30 Å². The van der Waals surface area contributed by atoms with Crippen molar-refractivity contribution < 1.29 is 17.9 Å². The van der Waals surface area contributed by atoms with E-state index in [2.05, 4.69) is 54.7 Å². The van der Waals surface area contributed by atoms with E-state index in [-0.39, 0.29) is 17.9 Å². The van der Waals surface area contributed by atoms with Crippen molar-refractivity contribution >= 4 is 34.9 Å². The number of carbonyl (C=O) groups excluding carboxylic acids is 1. The highest BCUT2D eigenvalue weighted by molar-refractivity contribution is 7.89. The van der Waals surface area contributed by atoms with Gasteiger partial charge in [0.2, 0.25) is 5.91 Å². The van der Waals surface area contributed by atoms with E-state index < -0.39 is 24.0 Å². The molecule has 1 aromatic heterocycles. The fourth-order valence-electron chi connectivity index (χ4n) is 5.97. The Morgan fingerprint density at radius 1 is 0.833 bits per heavy atom. The quantitative estimate of drug-likeness (QED) is 0.0632. The molecule has 0 unspecified atom stereocenters. The van der Waals surface area contributed by atoms with E-state index in [4.69, 9.17) is 4.74 Å². The Balaban J connectivity index is 1.41. The summed E-state index contributed by atoms with van der Waals surface area (Å²) in [7, 11) is -5.74. The maximum atomic E-state index is 14.2. The Morgan fingerprint density at radius 3 is 2.12 bits per heavy atom. The van der Waals surface area contributed by atoms with Crippen LogP contribution in [0.25, 0.3) is 10.9 Å². The Hall–Kier alpha value is -4.24. The molecule has 5 rings (SSSR count). The minimum atomic E-state index is -4.10. The van der Waals surface area contributed by atoms with Gasteiger partial charge >= 0.3 is 0 Å². The fourth-order valence-corrected chi connectivity index (χ4v) is 9.00. The van der Waals surface area contributed by atoms with Gasteiger partial charge in [0.25, 0.3) is 10.0 Å². The SMILES string of the molecule is Cc1ccc(S(=O)(=O)N(CCc2cn(Cc3ccccc3)c3ccccc23)C(=O)C/C(=C\COCc2ccccc2)C[Si](C)(C)C)cc1. The van der Waals surface area contributed by atoms with Gasteiger partial charge in [-0.3, -0.25) is 4.79 Å². The van der Waals surface area contributed by atoms with Gasteiger partial charge in [0.1, 0.15) is 0 Å². The van der Waals surface area contributed by atoms with E-state index in [9.17, 15) is 13.2 Å². The number of nitrogens with zero attached hydrogens (tertiary/aromatic N) is 2. The molecule has 0 aliphatic carbocycles. The number of aromatic nitrogens is 1. The van der Waals surface area contributed by atoms with Crippen LogP contribution in [0.4, 0.5) is 0 Å². The number of carbonyl (C=O) groups is 1. The van der Waals surface area contributed by atoms with Gasteiger partial charge in [0.05, 0.1) is 18.1 Å². The van der Waals surface area contributed by atoms with Gasteiger partial charge in [0, 0.05) is 44.7 Å². The minimum Gasteiger partial charge on any atom is -0.373 e. The van der Waals surface area contributed by atoms with Crippen molar-refractivity contribution in [3.05, 3.63) is 149 Å². The van der Waals surface area contributed by atoms with E-state index in [1.165, 1.54) is 5.56 Å². The predicted octanol–water partition coefficient (Wildman–Crippen LogP) is 8.63. The number of sulfonamides is 1. The predicted molar refractivity (Wildman–Crippen MR) is 198 cm³/mol. The zero-order valence-corrected chi connectivity index (χ0v) is 30.2. The summed E-state index contributed by atoms with van der Waals surface area (Å²) in [5, 5.41) is 1.06. The lowest BCUT2D eigenvalue weighted by Gasteiger charge is -2.25. The number of benzene rings is 4. The standard InChI is InChI=1S/C40H46N2O4SSi/c1-32-19-21-37(22-20-32)47(44,45)42(40(43)27-35(31-48(2,3)4)24-26-46-30-34-15-9-6-10-16-34)25-23-36-29-41(28-33-13-7-5-8-14-33)39-18-12-11-17-38(36)39/h5-22,24,29H,23,25-28,30-31H2,1-4H3/b35-24+. The molecule has 0 atom stereocenters. The van der Waals surface area contributed by atoms with Gasteiger partial charge in [-0.1, -0.05) is 128 Å². The van der Waals surface area contributed by atoms with Gasteiger partial charge in [-0.15, -0.1) is 0 Å². The number of hydrogen-bond acceptors (Lipinski definition) is 4. The maximum Gasteiger partial charge on any atom is 0.266 e. The summed E-state index contributed by atoms with van der Waals surface area (Å²) in [5.41, 5.74) is 6.22. The minimum absolute atomic E-state index is 0.0276. The molecule has 4 aromatic carbocycles. The highest BCUT2D eigenvalue weighted by atomic mass is 32.2. The molecule has 0 bridgehead atoms. The summed E-state index contributed by atoms with van der Waals surface area (Å²) < 4.78 is 37.6. The van der Waals surface area contributed by atoms with E-state index in [0.717, 1.165) is 43.5 Å². The smallest absolute Gasteiger partial charge is 0.266 e. The van der Waals surface area contributed by atoms with Gasteiger partial charge in [-0.2, -0.15) is 0 Å². The fraction of sp³-hybridized carbons (Fsp3) is 0.275. The summed E-state index contributed by atoms with van der Waals surface area (Å²) in [5.74, 6) is -0.420. The molecule has 250 valence electrons. The third-order valence-corrected chi connectivity index (χ3v) is 11.6. The van der Waals surface area contributed by atoms with Crippen molar-refractivity contribution in [3.8, 4) is 0 Å². The molecule has 1 heterocycles. The van der Waals surface area contributed by atoms with Crippen LogP contribution in [0.5, 0.6) is 0 Å². The number of aryl methyl sites for hydroxylation is 1. The third kappa shape index (κ3) is 9.43. The van der Waals surface area contributed by atoms with Crippen molar-refractivity contribution in [2.24, 2.45) is 0 Å². The molecular weight excluding hydrogens is 633 g/mol. The first-order valence-corrected chi connectivity index (χ1v) is 21.7. The molecule has 6 nitrogen and oxygen atoms in total. The zero-order chi connectivity index (χ0) is 34.1. The average Bonchev–Trinajstić information content (AvgIpc) is 3.40. The van der Waals surface area contributed by atoms with Crippen LogP contribution in [0.3, 0.4) is 0 Å². The molecule has 0 saturated heterocycles. The molecule has 8 heteroatoms. The second-order valence-corrected chi connectivity index (χ2v) is 20.9. The number of para-hydroxylation sites is 1. The molecule has 0 N–H and O–H groups in total. The van der Waals surface area contributed by atoms with Crippen molar-refractivity contribution in [2.45, 2.75) is 63.5 Å². The summed E-state index contributed by atoms with van der Waals surface area (Å²) in [6, 6.07) is 35.9. The van der Waals surface area contributed by atoms with Gasteiger partial charge in [-0.25, -0.2) is 12.7 Å². The van der Waals surface area contributed by atoms with Crippen LogP contribution in [0.1, 0.15) is 28.7 Å². The highest BCUT2D eigenvalue weighted by Gasteiger charge is 2.30. The normalized spacial score (nSPS) is 12.4. The molecule has 5 aromatic rings. The van der Waals surface area contributed by atoms with Crippen LogP contribution in [0.2, 0.25) is 25.7 Å². The molecule has 0 aliphatic rings. The molecule has 48 heavy (non-hydrogen) atoms. The summed E-state index contributed by atoms with van der Waals surface area (Å²) in [6.45, 7) is 10.2. The number of fused-ring (bicyclic) bond motifs is 1. The maximum absolute atomic E-state index is 14.2. The molecule has 0 spiro atoms. The average molecular weight is 679 g/mol. The highest BCUT2D eigenvalue weighted by Crippen LogP contribution is 2.27. The van der Waals surface area contributed by atoms with Crippen LogP contribution in [-0.2, 0) is 39.1 Å². The summed E-state index contributed by atoms with van der Waals surface area (Å²) in [4.78, 5) is 14.3. The first-order chi connectivity index (χ1) is 23.0. The Labute approximate surface area is 286 Å². The molecule has 1 amide bonds. The van der Waals surface area contributed by atoms with E-state index in [0.29, 0.717) is 26.2 Å². The van der Waals surface area contributed by atoms with Gasteiger partial charge in [0.15, 0.2) is 0 Å². The van der Waals surface area contributed by atoms with Crippen molar-refractivity contribution in [1.82, 2.24) is 8.87 Å². The summed E-state index contributed by atoms with van der Waals surface area (Å²) >= 11 is 0. The second-order valence-electron chi connectivity index (χ2n) is 13.6. The molecule has 0 fully saturated rings. The van der Waals surface area contributed by atoms with Crippen LogP contribution in [-0.4, -0.2) is 44.4 Å². The van der Waals surface area contributed by atoms with Crippen LogP contribution in [0.15, 0.2) is 132 Å². The lowest BCUT2D eigenvalue weighted by Crippen LogP contribution is -2.39. The van der Waals surface area contributed by atoms with E-state index in [1.54, 1.807) is 24.3 Å². The number of rotatable bonds is 15. The molecule has 0 aliphatic heterocycles. The zero-order valence-electron chi connectivity index (χ0n) is 28.4. The van der Waals surface area contributed by atoms with E-state index in [1.807, 2.05) is 73.7 Å². The largest absolute Gasteiger partial charge is 0.373 e. The Morgan fingerprint density at radius 2 is 1.46 bits per heavy atom. The topological polar surface area (TPSA) is 68.6 Å². The van der Waals surface area contributed by atoms with E-state index >= 15 is 0 Å². The number of hydrogen-bond donors (Lipinski definition) is 0. The monoisotopic (exact) mass is 678 g/mol. The number of ether oxygens (including phenoxy) is 1. The first kappa shape index (κ1) is 35.1. The lowest BCUT2D eigenvalue weighted by atomic mass is 10.1. The third-order valence-electron chi connectivity index (χ3n) is 8.28. The Kier molecular flexibility index (Phi) is 11.5. The first-order valence-electron chi connectivity index (χ1n) is 16.5. The van der Waals surface area contributed by atoms with Crippen molar-refractivity contribution in [2.75, 3.05) is 13.2 Å².